The largest absolute Gasteiger partial charge is 0.377 e. The van der Waals surface area contributed by atoms with Gasteiger partial charge in [-0.1, -0.05) is 12.7 Å². The van der Waals surface area contributed by atoms with E-state index >= 15 is 0 Å². The number of aliphatic imine (C=N–C) groups is 1. The van der Waals surface area contributed by atoms with Gasteiger partial charge < -0.3 is 9.80 Å². The van der Waals surface area contributed by atoms with Crippen LogP contribution in [0.15, 0.2) is 46.5 Å². The van der Waals surface area contributed by atoms with Crippen molar-refractivity contribution in [3.8, 4) is 0 Å². The molecule has 0 amide bonds. The van der Waals surface area contributed by atoms with Gasteiger partial charge in [-0.25, -0.2) is 4.98 Å². The average Bonchev–Trinajstić information content (AvgIpc) is 3.04. The second-order valence-electron chi connectivity index (χ2n) is 6.77. The Bertz CT molecular complexity index is 986. The number of carbonyl (C=O) groups excluding carboxylic acids is 1. The number of aromatic nitrogens is 1. The maximum Gasteiger partial charge on any atom is 0.160 e. The second kappa shape index (κ2) is 10.4. The number of anilines is 1. The Morgan fingerprint density at radius 1 is 1.34 bits per heavy atom. The zero-order valence-electron chi connectivity index (χ0n) is 17.9. The van der Waals surface area contributed by atoms with E-state index in [2.05, 4.69) is 21.5 Å². The molecular weight excluding hydrogens is 400 g/mol. The van der Waals surface area contributed by atoms with E-state index < -0.39 is 0 Å². The van der Waals surface area contributed by atoms with E-state index in [1.54, 1.807) is 18.1 Å². The van der Waals surface area contributed by atoms with Crippen molar-refractivity contribution >= 4 is 51.6 Å². The third-order valence-electron chi connectivity index (χ3n) is 4.47. The number of fused-ring (bicyclic) bond motifs is 1. The van der Waals surface area contributed by atoms with Gasteiger partial charge in [-0.15, -0.1) is 23.1 Å². The molecule has 0 aliphatic heterocycles. The second-order valence-corrected chi connectivity index (χ2v) is 8.68. The van der Waals surface area contributed by atoms with Gasteiger partial charge in [0.05, 0.1) is 17.8 Å². The molecule has 0 bridgehead atoms. The summed E-state index contributed by atoms with van der Waals surface area (Å²) in [5.74, 6) is 0. The summed E-state index contributed by atoms with van der Waals surface area (Å²) in [5.41, 5.74) is 3.98. The number of carbonyl (C=O) groups is 1. The van der Waals surface area contributed by atoms with Gasteiger partial charge in [0, 0.05) is 54.1 Å². The lowest BCUT2D eigenvalue weighted by Crippen LogP contribution is -2.13. The number of thioether (sulfide) groups is 1. The maximum atomic E-state index is 11.7. The molecule has 0 aliphatic rings. The lowest BCUT2D eigenvalue weighted by molar-refractivity contribution is 0.112. The third-order valence-corrected chi connectivity index (χ3v) is 6.30. The number of thiophene rings is 1. The first-order valence-electron chi connectivity index (χ1n) is 9.15. The van der Waals surface area contributed by atoms with Gasteiger partial charge in [0.2, 0.25) is 0 Å². The molecule has 2 heterocycles. The van der Waals surface area contributed by atoms with Gasteiger partial charge in [-0.05, 0) is 38.3 Å². The van der Waals surface area contributed by atoms with Gasteiger partial charge in [0.1, 0.15) is 4.83 Å². The number of aryl methyl sites for hydroxylation is 1. The highest BCUT2D eigenvalue weighted by atomic mass is 32.2. The van der Waals surface area contributed by atoms with Crippen LogP contribution in [-0.2, 0) is 6.54 Å². The first-order chi connectivity index (χ1) is 13.8. The van der Waals surface area contributed by atoms with Crippen LogP contribution in [0, 0.1) is 6.92 Å². The molecule has 0 unspecified atom stereocenters. The maximum absolute atomic E-state index is 11.7. The van der Waals surface area contributed by atoms with Crippen LogP contribution >= 0.6 is 23.1 Å². The Labute approximate surface area is 181 Å². The van der Waals surface area contributed by atoms with Crippen molar-refractivity contribution in [1.82, 2.24) is 9.88 Å². The minimum atomic E-state index is 0.426. The van der Waals surface area contributed by atoms with E-state index in [4.69, 9.17) is 0 Å². The van der Waals surface area contributed by atoms with Crippen LogP contribution in [0.1, 0.15) is 27.9 Å². The molecule has 0 saturated carbocycles. The van der Waals surface area contributed by atoms with Crippen LogP contribution in [0.5, 0.6) is 0 Å². The molecule has 2 aromatic heterocycles. The highest BCUT2D eigenvalue weighted by Crippen LogP contribution is 2.36. The summed E-state index contributed by atoms with van der Waals surface area (Å²) in [6.07, 6.45) is 10.6. The number of rotatable bonds is 9. The summed E-state index contributed by atoms with van der Waals surface area (Å²) in [7, 11) is 5.96. The van der Waals surface area contributed by atoms with Gasteiger partial charge in [-0.3, -0.25) is 9.79 Å². The molecular formula is C22H28N4OS2. The van der Waals surface area contributed by atoms with Crippen LogP contribution in [-0.4, -0.2) is 49.9 Å². The molecule has 0 atom stereocenters. The minimum Gasteiger partial charge on any atom is -0.377 e. The van der Waals surface area contributed by atoms with Crippen LogP contribution in [0.3, 0.4) is 0 Å². The normalized spacial score (nSPS) is 12.6. The van der Waals surface area contributed by atoms with Gasteiger partial charge >= 0.3 is 0 Å². The molecule has 0 radical (unpaired) electrons. The molecule has 0 saturated heterocycles. The van der Waals surface area contributed by atoms with Crippen molar-refractivity contribution < 1.29 is 4.79 Å². The van der Waals surface area contributed by atoms with E-state index in [0.29, 0.717) is 11.4 Å². The van der Waals surface area contributed by atoms with Crippen LogP contribution in [0.25, 0.3) is 10.2 Å². The van der Waals surface area contributed by atoms with E-state index in [9.17, 15) is 4.79 Å². The molecule has 29 heavy (non-hydrogen) atoms. The number of hydrogen-bond donors (Lipinski definition) is 0. The van der Waals surface area contributed by atoms with E-state index in [1.807, 2.05) is 70.4 Å². The SMILES string of the molecule is C=C/C(=C\C=C(/C)N(C)C=NCc1c(C=O)sc2nc(C)cc(N(C)C)c12)SC. The molecule has 0 fully saturated rings. The van der Waals surface area contributed by atoms with Crippen molar-refractivity contribution in [3.63, 3.8) is 0 Å². The van der Waals surface area contributed by atoms with Crippen LogP contribution in [0.4, 0.5) is 5.69 Å². The van der Waals surface area contributed by atoms with Gasteiger partial charge in [-0.2, -0.15) is 0 Å². The van der Waals surface area contributed by atoms with E-state index in [-0.39, 0.29) is 0 Å². The Kier molecular flexibility index (Phi) is 8.22. The van der Waals surface area contributed by atoms with Crippen molar-refractivity contribution in [3.05, 3.63) is 57.6 Å². The molecule has 0 aromatic carbocycles. The fourth-order valence-corrected chi connectivity index (χ4v) is 4.20. The molecule has 0 N–H and O–H groups in total. The summed E-state index contributed by atoms with van der Waals surface area (Å²) in [6.45, 7) is 8.23. The highest BCUT2D eigenvalue weighted by molar-refractivity contribution is 8.02. The Hall–Kier alpha value is -2.38. The third kappa shape index (κ3) is 5.58. The zero-order chi connectivity index (χ0) is 21.6. The fourth-order valence-electron chi connectivity index (χ4n) is 2.76. The summed E-state index contributed by atoms with van der Waals surface area (Å²) < 4.78 is 0. The first kappa shape index (κ1) is 22.9. The zero-order valence-corrected chi connectivity index (χ0v) is 19.5. The molecule has 5 nitrogen and oxygen atoms in total. The summed E-state index contributed by atoms with van der Waals surface area (Å²) in [6, 6.07) is 2.05. The number of aldehydes is 1. The molecule has 0 spiro atoms. The van der Waals surface area contributed by atoms with Gasteiger partial charge in [0.15, 0.2) is 6.29 Å². The Balaban J connectivity index is 2.32. The smallest absolute Gasteiger partial charge is 0.160 e. The van der Waals surface area contributed by atoms with Crippen molar-refractivity contribution in [2.24, 2.45) is 4.99 Å². The highest BCUT2D eigenvalue weighted by Gasteiger charge is 2.17. The first-order valence-corrected chi connectivity index (χ1v) is 11.2. The quantitative estimate of drug-likeness (QED) is 0.235. The van der Waals surface area contributed by atoms with Crippen LogP contribution < -0.4 is 4.90 Å². The molecule has 7 heteroatoms. The molecule has 0 aliphatic carbocycles. The number of hydrogen-bond acceptors (Lipinski definition) is 6. The molecule has 2 aromatic rings. The lowest BCUT2D eigenvalue weighted by atomic mass is 10.1. The summed E-state index contributed by atoms with van der Waals surface area (Å²) in [5, 5.41) is 1.01. The van der Waals surface area contributed by atoms with Gasteiger partial charge in [0.25, 0.3) is 0 Å². The van der Waals surface area contributed by atoms with Crippen molar-refractivity contribution in [2.45, 2.75) is 20.4 Å². The minimum absolute atomic E-state index is 0.426. The van der Waals surface area contributed by atoms with Crippen LogP contribution in [0.2, 0.25) is 0 Å². The van der Waals surface area contributed by atoms with Crippen molar-refractivity contribution in [2.75, 3.05) is 32.3 Å². The monoisotopic (exact) mass is 428 g/mol. The molecule has 154 valence electrons. The van der Waals surface area contributed by atoms with Crippen molar-refractivity contribution in [1.29, 1.82) is 0 Å². The number of allylic oxidation sites excluding steroid dienone is 4. The Morgan fingerprint density at radius 2 is 2.07 bits per heavy atom. The predicted octanol–water partition coefficient (Wildman–Crippen LogP) is 5.28. The van der Waals surface area contributed by atoms with E-state index in [1.165, 1.54) is 11.3 Å². The average molecular weight is 429 g/mol. The summed E-state index contributed by atoms with van der Waals surface area (Å²) in [4.78, 5) is 27.6. The fraction of sp³-hybridized carbons (Fsp3) is 0.318. The standard InChI is InChI=1S/C22H28N4OS2/c1-8-17(28-7)10-9-16(3)26(6)14-23-12-18-20(13-27)29-22-21(18)19(25(4)5)11-15(2)24-22/h8-11,13-14H,1,12H2,2-7H3/b16-9+,17-10+,23-14?. The van der Waals surface area contributed by atoms with E-state index in [0.717, 1.165) is 44.0 Å². The number of nitrogens with zero attached hydrogens (tertiary/aromatic N) is 4. The Morgan fingerprint density at radius 3 is 2.66 bits per heavy atom. The summed E-state index contributed by atoms with van der Waals surface area (Å²) >= 11 is 3.08. The lowest BCUT2D eigenvalue weighted by Gasteiger charge is -2.16. The predicted molar refractivity (Wildman–Crippen MR) is 130 cm³/mol. The molecule has 2 rings (SSSR count). The topological polar surface area (TPSA) is 48.8 Å². The number of pyridine rings is 1.